The topological polar surface area (TPSA) is 169 Å². The van der Waals surface area contributed by atoms with E-state index in [2.05, 4.69) is 20.3 Å². The predicted molar refractivity (Wildman–Crippen MR) is 138 cm³/mol. The van der Waals surface area contributed by atoms with Crippen LogP contribution in [0.2, 0.25) is 0 Å². The molecule has 2 heterocycles. The van der Waals surface area contributed by atoms with Gasteiger partial charge in [0.2, 0.25) is 5.95 Å². The average Bonchev–Trinajstić information content (AvgIpc) is 3.27. The van der Waals surface area contributed by atoms with Crippen LogP contribution in [-0.4, -0.2) is 52.1 Å². The number of benzene rings is 1. The minimum Gasteiger partial charge on any atom is -0.466 e. The molecule has 0 saturated carbocycles. The third-order valence-electron chi connectivity index (χ3n) is 5.90. The van der Waals surface area contributed by atoms with Gasteiger partial charge in [-0.25, -0.2) is 9.18 Å². The first-order chi connectivity index (χ1) is 18.2. The van der Waals surface area contributed by atoms with Crippen LogP contribution in [0.15, 0.2) is 29.2 Å². The summed E-state index contributed by atoms with van der Waals surface area (Å²) >= 11 is 0. The van der Waals surface area contributed by atoms with E-state index in [4.69, 9.17) is 15.2 Å². The number of aryl methyl sites for hydroxylation is 2. The quantitative estimate of drug-likeness (QED) is 0.193. The zero-order valence-electron chi connectivity index (χ0n) is 21.4. The molecule has 2 aromatic heterocycles. The Morgan fingerprint density at radius 2 is 1.87 bits per heavy atom. The van der Waals surface area contributed by atoms with Gasteiger partial charge in [0.15, 0.2) is 0 Å². The molecule has 0 aliphatic carbocycles. The third-order valence-corrected chi connectivity index (χ3v) is 5.90. The van der Waals surface area contributed by atoms with E-state index in [0.717, 1.165) is 18.4 Å². The predicted octanol–water partition coefficient (Wildman–Crippen LogP) is 2.54. The second-order valence-electron chi connectivity index (χ2n) is 8.63. The van der Waals surface area contributed by atoms with Crippen LogP contribution in [0.3, 0.4) is 0 Å². The van der Waals surface area contributed by atoms with Gasteiger partial charge in [-0.2, -0.15) is 4.98 Å². The van der Waals surface area contributed by atoms with Gasteiger partial charge in [-0.3, -0.25) is 19.4 Å². The van der Waals surface area contributed by atoms with Crippen LogP contribution in [-0.2, 0) is 31.9 Å². The number of nitrogens with one attached hydrogen (secondary N) is 3. The van der Waals surface area contributed by atoms with Crippen molar-refractivity contribution in [1.29, 1.82) is 0 Å². The van der Waals surface area contributed by atoms with Gasteiger partial charge in [-0.1, -0.05) is 6.07 Å². The van der Waals surface area contributed by atoms with Gasteiger partial charge < -0.3 is 25.5 Å². The number of unbranched alkanes of at least 4 members (excludes halogenated alkanes) is 1. The number of H-pyrrole nitrogens is 2. The Bertz CT molecular complexity index is 1350. The summed E-state index contributed by atoms with van der Waals surface area (Å²) in [6.07, 6.45) is 4.24. The van der Waals surface area contributed by atoms with E-state index in [1.54, 1.807) is 26.1 Å². The van der Waals surface area contributed by atoms with Crippen LogP contribution in [0.5, 0.6) is 0 Å². The summed E-state index contributed by atoms with van der Waals surface area (Å²) in [4.78, 5) is 58.3. The highest BCUT2D eigenvalue weighted by Crippen LogP contribution is 2.18. The molecule has 38 heavy (non-hydrogen) atoms. The number of rotatable bonds is 13. The van der Waals surface area contributed by atoms with Gasteiger partial charge in [-0.15, -0.1) is 0 Å². The summed E-state index contributed by atoms with van der Waals surface area (Å²) < 4.78 is 24.6. The molecule has 1 atom stereocenters. The molecule has 204 valence electrons. The number of anilines is 1. The highest BCUT2D eigenvalue weighted by atomic mass is 19.1. The average molecular weight is 530 g/mol. The second kappa shape index (κ2) is 13.4. The molecule has 5 N–H and O–H groups in total. The first kappa shape index (κ1) is 28.4. The molecule has 3 aromatic rings. The van der Waals surface area contributed by atoms with Crippen molar-refractivity contribution in [2.75, 3.05) is 18.9 Å². The van der Waals surface area contributed by atoms with E-state index in [-0.39, 0.29) is 43.1 Å². The van der Waals surface area contributed by atoms with Crippen molar-refractivity contribution < 1.29 is 28.2 Å². The SMILES string of the molecule is CCOC(=O)CC[C@H](NC(=O)c1ccc(CCCCc2c[nH]c3nc(N)[nH]c(=O)c23)cc1F)C(=O)OCC. The van der Waals surface area contributed by atoms with Gasteiger partial charge in [0.1, 0.15) is 17.5 Å². The lowest BCUT2D eigenvalue weighted by atomic mass is 10.0. The number of hydrogen-bond acceptors (Lipinski definition) is 8. The molecular formula is C26H32FN5O6. The maximum absolute atomic E-state index is 14.8. The fraction of sp³-hybridized carbons (Fsp3) is 0.423. The van der Waals surface area contributed by atoms with Crippen LogP contribution in [0.1, 0.15) is 61.0 Å². The summed E-state index contributed by atoms with van der Waals surface area (Å²) in [5.74, 6) is -2.68. The standard InChI is InChI=1S/C26H32FN5O6/c1-3-37-20(33)12-11-19(25(36)38-4-2)30-23(34)17-10-9-15(13-18(17)27)7-5-6-8-16-14-29-22-21(16)24(35)32-26(28)31-22/h9-10,13-14,19H,3-8,11-12H2,1-2H3,(H,30,34)(H4,28,29,31,32,35)/t19-/m0/s1. The van der Waals surface area contributed by atoms with Gasteiger partial charge >= 0.3 is 11.9 Å². The van der Waals surface area contributed by atoms with Crippen LogP contribution in [0, 0.1) is 5.82 Å². The summed E-state index contributed by atoms with van der Waals surface area (Å²) in [5.41, 5.74) is 7.01. The minimum atomic E-state index is -1.12. The second-order valence-corrected chi connectivity index (χ2v) is 8.63. The van der Waals surface area contributed by atoms with E-state index < -0.39 is 29.7 Å². The summed E-state index contributed by atoms with van der Waals surface area (Å²) in [5, 5.41) is 2.94. The molecule has 0 fully saturated rings. The molecule has 0 spiro atoms. The molecule has 0 radical (unpaired) electrons. The maximum Gasteiger partial charge on any atom is 0.328 e. The van der Waals surface area contributed by atoms with Gasteiger partial charge in [0.25, 0.3) is 11.5 Å². The largest absolute Gasteiger partial charge is 0.466 e. The van der Waals surface area contributed by atoms with E-state index >= 15 is 0 Å². The number of nitrogen functional groups attached to an aromatic ring is 1. The van der Waals surface area contributed by atoms with Crippen molar-refractivity contribution in [2.45, 2.75) is 58.4 Å². The first-order valence-corrected chi connectivity index (χ1v) is 12.5. The Kier molecular flexibility index (Phi) is 9.97. The Balaban J connectivity index is 1.56. The van der Waals surface area contributed by atoms with Crippen molar-refractivity contribution in [3.8, 4) is 0 Å². The minimum absolute atomic E-state index is 0.0329. The number of hydrogen-bond donors (Lipinski definition) is 4. The number of amides is 1. The Hall–Kier alpha value is -4.22. The molecule has 1 aromatic carbocycles. The Morgan fingerprint density at radius 3 is 2.58 bits per heavy atom. The van der Waals surface area contributed by atoms with Crippen molar-refractivity contribution in [1.82, 2.24) is 20.3 Å². The lowest BCUT2D eigenvalue weighted by molar-refractivity contribution is -0.146. The van der Waals surface area contributed by atoms with E-state index in [9.17, 15) is 23.6 Å². The molecule has 1 amide bonds. The fourth-order valence-corrected chi connectivity index (χ4v) is 4.08. The highest BCUT2D eigenvalue weighted by Gasteiger charge is 2.25. The van der Waals surface area contributed by atoms with Crippen LogP contribution in [0.25, 0.3) is 11.0 Å². The number of esters is 2. The number of aromatic nitrogens is 3. The molecule has 0 aliphatic rings. The number of fused-ring (bicyclic) bond motifs is 1. The van der Waals surface area contributed by atoms with E-state index in [0.29, 0.717) is 29.4 Å². The highest BCUT2D eigenvalue weighted by molar-refractivity contribution is 5.97. The molecule has 0 saturated heterocycles. The molecule has 0 bridgehead atoms. The van der Waals surface area contributed by atoms with Crippen LogP contribution in [0.4, 0.5) is 10.3 Å². The molecule has 11 nitrogen and oxygen atoms in total. The molecular weight excluding hydrogens is 497 g/mol. The smallest absolute Gasteiger partial charge is 0.328 e. The normalized spacial score (nSPS) is 11.8. The first-order valence-electron chi connectivity index (χ1n) is 12.5. The van der Waals surface area contributed by atoms with Crippen LogP contribution < -0.4 is 16.6 Å². The van der Waals surface area contributed by atoms with Crippen LogP contribution >= 0.6 is 0 Å². The summed E-state index contributed by atoms with van der Waals surface area (Å²) in [7, 11) is 0. The molecule has 12 heteroatoms. The molecule has 0 aliphatic heterocycles. The van der Waals surface area contributed by atoms with Gasteiger partial charge in [0, 0.05) is 12.6 Å². The van der Waals surface area contributed by atoms with Crippen molar-refractivity contribution >= 4 is 34.8 Å². The number of nitrogens with zero attached hydrogens (tertiary/aromatic N) is 1. The number of aromatic amines is 2. The Labute approximate surface area is 218 Å². The summed E-state index contributed by atoms with van der Waals surface area (Å²) in [6, 6.07) is 3.19. The third kappa shape index (κ3) is 7.40. The monoisotopic (exact) mass is 529 g/mol. The fourth-order valence-electron chi connectivity index (χ4n) is 4.08. The zero-order chi connectivity index (χ0) is 27.7. The van der Waals surface area contributed by atoms with Gasteiger partial charge in [0.05, 0.1) is 24.2 Å². The number of carbonyl (C=O) groups excluding carboxylic acids is 3. The number of halogens is 1. The van der Waals surface area contributed by atoms with Crippen molar-refractivity contribution in [3.63, 3.8) is 0 Å². The van der Waals surface area contributed by atoms with E-state index in [1.807, 2.05) is 0 Å². The maximum atomic E-state index is 14.8. The van der Waals surface area contributed by atoms with Crippen molar-refractivity contribution in [2.24, 2.45) is 0 Å². The van der Waals surface area contributed by atoms with Gasteiger partial charge in [-0.05, 0) is 69.2 Å². The summed E-state index contributed by atoms with van der Waals surface area (Å²) in [6.45, 7) is 3.57. The lowest BCUT2D eigenvalue weighted by Gasteiger charge is -2.17. The number of nitrogens with two attached hydrogens (primary N) is 1. The van der Waals surface area contributed by atoms with E-state index in [1.165, 1.54) is 12.1 Å². The zero-order valence-corrected chi connectivity index (χ0v) is 21.4. The Morgan fingerprint density at radius 1 is 1.13 bits per heavy atom. The molecule has 3 rings (SSSR count). The lowest BCUT2D eigenvalue weighted by Crippen LogP contribution is -2.42. The van der Waals surface area contributed by atoms with Crippen molar-refractivity contribution in [3.05, 3.63) is 57.3 Å². The number of carbonyl (C=O) groups is 3. The molecule has 0 unspecified atom stereocenters. The number of ether oxygens (including phenoxy) is 2.